The number of hydrogen-bond acceptors (Lipinski definition) is 12. The summed E-state index contributed by atoms with van der Waals surface area (Å²) in [6.45, 7) is 0.230. The lowest BCUT2D eigenvalue weighted by Crippen LogP contribution is -2.71. The number of fused-ring (bicyclic) bond motifs is 2. The third kappa shape index (κ3) is 4.48. The fourth-order valence-electron chi connectivity index (χ4n) is 3.89. The van der Waals surface area contributed by atoms with Gasteiger partial charge < -0.3 is 25.8 Å². The van der Waals surface area contributed by atoms with Crippen LogP contribution in [0.2, 0.25) is 0 Å². The molecule has 36 heavy (non-hydrogen) atoms. The number of oxime groups is 1. The van der Waals surface area contributed by atoms with E-state index in [-0.39, 0.29) is 52.9 Å². The predicted molar refractivity (Wildman–Crippen MR) is 136 cm³/mol. The molecule has 2 atom stereocenters. The molecule has 1 fully saturated rings. The largest absolute Gasteiger partial charge is 0.543 e. The number of amides is 2. The molecule has 3 N–H and O–H groups in total. The van der Waals surface area contributed by atoms with Gasteiger partial charge >= 0.3 is 5.65 Å². The second kappa shape index (κ2) is 10.3. The highest BCUT2D eigenvalue weighted by Gasteiger charge is 2.53. The number of nitrogens with two attached hydrogens (primary N) is 1. The number of β-lactam (4-membered cyclic amide) rings is 1. The molecule has 188 valence electrons. The van der Waals surface area contributed by atoms with E-state index in [2.05, 4.69) is 24.9 Å². The van der Waals surface area contributed by atoms with Gasteiger partial charge in [0.2, 0.25) is 11.5 Å². The highest BCUT2D eigenvalue weighted by atomic mass is 127. The minimum absolute atomic E-state index is 0. The van der Waals surface area contributed by atoms with Gasteiger partial charge in [0.25, 0.3) is 11.8 Å². The van der Waals surface area contributed by atoms with E-state index in [9.17, 15) is 19.5 Å². The van der Waals surface area contributed by atoms with Crippen LogP contribution in [-0.2, 0) is 25.8 Å². The molecular formula is C19H18IN9O5S2. The lowest BCUT2D eigenvalue weighted by molar-refractivity contribution is -0.662. The Morgan fingerprint density at radius 2 is 2.25 bits per heavy atom. The Labute approximate surface area is 228 Å². The molecule has 3 aromatic rings. The van der Waals surface area contributed by atoms with Gasteiger partial charge in [-0.3, -0.25) is 14.5 Å². The maximum atomic E-state index is 13.0. The van der Waals surface area contributed by atoms with Gasteiger partial charge in [-0.15, -0.1) is 40.3 Å². The topological polar surface area (TPSA) is 184 Å². The Bertz CT molecular complexity index is 1420. The van der Waals surface area contributed by atoms with Crippen LogP contribution in [0.15, 0.2) is 47.1 Å². The van der Waals surface area contributed by atoms with Crippen molar-refractivity contribution < 1.29 is 28.9 Å². The summed E-state index contributed by atoms with van der Waals surface area (Å²) >= 11 is 2.21. The molecule has 3 aromatic heterocycles. The number of hydrogen-bond donors (Lipinski definition) is 2. The molecule has 1 saturated heterocycles. The van der Waals surface area contributed by atoms with Crippen LogP contribution in [0.1, 0.15) is 5.82 Å². The lowest BCUT2D eigenvalue weighted by Gasteiger charge is -2.50. The third-order valence-electron chi connectivity index (χ3n) is 5.38. The van der Waals surface area contributed by atoms with Gasteiger partial charge in [0.15, 0.2) is 11.3 Å². The third-order valence-corrected chi connectivity index (χ3v) is 7.26. The van der Waals surface area contributed by atoms with E-state index in [1.807, 2.05) is 10.6 Å². The zero-order valence-corrected chi connectivity index (χ0v) is 22.4. The number of aromatic nitrogens is 5. The zero-order chi connectivity index (χ0) is 24.7. The summed E-state index contributed by atoms with van der Waals surface area (Å²) in [7, 11) is 1.25. The second-order valence-electron chi connectivity index (χ2n) is 7.43. The zero-order valence-electron chi connectivity index (χ0n) is 18.4. The Morgan fingerprint density at radius 1 is 1.44 bits per heavy atom. The van der Waals surface area contributed by atoms with E-state index in [1.165, 1.54) is 18.9 Å². The van der Waals surface area contributed by atoms with Gasteiger partial charge in [-0.1, -0.05) is 10.3 Å². The average Bonchev–Trinajstić information content (AvgIpc) is 3.46. The van der Waals surface area contributed by atoms with Crippen LogP contribution in [0, 0.1) is 0 Å². The van der Waals surface area contributed by atoms with Crippen LogP contribution in [0.4, 0.5) is 5.13 Å². The number of aliphatic carboxylic acids is 1. The molecule has 0 spiro atoms. The quantitative estimate of drug-likeness (QED) is 0.0972. The first kappa shape index (κ1) is 25.8. The minimum Gasteiger partial charge on any atom is -0.543 e. The summed E-state index contributed by atoms with van der Waals surface area (Å²) < 4.78 is 7.43. The number of carbonyl (C=O) groups excluding carboxylic acids is 3. The fourth-order valence-corrected chi connectivity index (χ4v) is 5.66. The summed E-state index contributed by atoms with van der Waals surface area (Å²) in [5.41, 5.74) is 6.39. The molecule has 5 rings (SSSR count). The van der Waals surface area contributed by atoms with Crippen molar-refractivity contribution in [2.24, 2.45) is 5.16 Å². The van der Waals surface area contributed by atoms with Gasteiger partial charge in [-0.25, -0.2) is 4.57 Å². The SMILES string of the molecule is CO/N=C(\C(=O)N[C@@H]1C(=O)N2C(C(=O)[O-])=C(C[n+]3ccn4ncccc43)CS[C@H]12)c1nsc(N)n1.I. The van der Waals surface area contributed by atoms with Crippen molar-refractivity contribution in [3.8, 4) is 0 Å². The van der Waals surface area contributed by atoms with E-state index in [0.717, 1.165) is 22.1 Å². The van der Waals surface area contributed by atoms with Gasteiger partial charge in [-0.05, 0) is 6.07 Å². The van der Waals surface area contributed by atoms with Gasteiger partial charge in [0.05, 0.1) is 17.9 Å². The van der Waals surface area contributed by atoms with Crippen LogP contribution in [0.3, 0.4) is 0 Å². The molecule has 0 unspecified atom stereocenters. The standard InChI is InChI=1S/C19H17N9O5S2.HI/c1-33-24-11(14-23-19(20)35-25-14)15(29)22-12-16(30)28-13(18(31)32)9(8-34-17(12)28)7-26-5-6-27-10(26)3-2-4-21-27;/h2-6,12,17H,7-8H2,1H3,(H3-,20,22,23,25,29,31,32);1H/b24-11-;/t12-,17-;/m1./s1. The van der Waals surface area contributed by atoms with Crippen molar-refractivity contribution in [3.05, 3.63) is 47.8 Å². The monoisotopic (exact) mass is 643 g/mol. The normalized spacial score (nSPS) is 19.4. The molecule has 5 heterocycles. The van der Waals surface area contributed by atoms with E-state index in [1.54, 1.807) is 29.2 Å². The van der Waals surface area contributed by atoms with Crippen molar-refractivity contribution in [2.45, 2.75) is 18.0 Å². The highest BCUT2D eigenvalue weighted by Crippen LogP contribution is 2.40. The molecule has 2 amide bonds. The van der Waals surface area contributed by atoms with Crippen molar-refractivity contribution in [1.82, 2.24) is 29.2 Å². The summed E-state index contributed by atoms with van der Waals surface area (Å²) in [6.07, 6.45) is 5.16. The number of carboxylic acid groups (broad SMARTS) is 1. The van der Waals surface area contributed by atoms with Crippen molar-refractivity contribution in [3.63, 3.8) is 0 Å². The Balaban J connectivity index is 0.00000304. The maximum absolute atomic E-state index is 13.0. The average molecular weight is 643 g/mol. The number of carbonyl (C=O) groups is 3. The van der Waals surface area contributed by atoms with E-state index in [4.69, 9.17) is 10.6 Å². The first-order valence-corrected chi connectivity index (χ1v) is 11.9. The van der Waals surface area contributed by atoms with Crippen LogP contribution in [0.5, 0.6) is 0 Å². The molecule has 0 bridgehead atoms. The van der Waals surface area contributed by atoms with E-state index >= 15 is 0 Å². The molecule has 0 radical (unpaired) electrons. The van der Waals surface area contributed by atoms with E-state index in [0.29, 0.717) is 11.3 Å². The van der Waals surface area contributed by atoms with Crippen LogP contribution in [-0.4, -0.2) is 71.6 Å². The molecular weight excluding hydrogens is 625 g/mol. The number of thioether (sulfide) groups is 1. The van der Waals surface area contributed by atoms with Crippen molar-refractivity contribution in [2.75, 3.05) is 18.6 Å². The number of imidazole rings is 1. The highest BCUT2D eigenvalue weighted by molar-refractivity contribution is 14.0. The van der Waals surface area contributed by atoms with Gasteiger partial charge in [-0.2, -0.15) is 9.36 Å². The minimum atomic E-state index is -1.46. The van der Waals surface area contributed by atoms with Crippen LogP contribution < -0.4 is 20.7 Å². The number of anilines is 1. The Hall–Kier alpha value is -3.32. The number of halogens is 1. The Kier molecular flexibility index (Phi) is 7.41. The molecule has 14 nitrogen and oxygen atoms in total. The van der Waals surface area contributed by atoms with E-state index < -0.39 is 29.2 Å². The van der Waals surface area contributed by atoms with Gasteiger partial charge in [0.1, 0.15) is 31.3 Å². The maximum Gasteiger partial charge on any atom is 0.307 e. The van der Waals surface area contributed by atoms with Gasteiger partial charge in [0, 0.05) is 28.9 Å². The molecule has 0 aliphatic carbocycles. The smallest absolute Gasteiger partial charge is 0.307 e. The Morgan fingerprint density at radius 3 is 2.94 bits per heavy atom. The molecule has 0 saturated carbocycles. The first-order chi connectivity index (χ1) is 16.9. The molecule has 2 aliphatic heterocycles. The van der Waals surface area contributed by atoms with Crippen molar-refractivity contribution in [1.29, 1.82) is 0 Å². The first-order valence-electron chi connectivity index (χ1n) is 10.1. The molecule has 0 aromatic carbocycles. The van der Waals surface area contributed by atoms with Crippen molar-refractivity contribution >= 4 is 81.5 Å². The second-order valence-corrected chi connectivity index (χ2v) is 9.32. The number of rotatable bonds is 7. The number of nitrogen functional groups attached to an aromatic ring is 1. The predicted octanol–water partition coefficient (Wildman–Crippen LogP) is -1.87. The molecule has 17 heteroatoms. The van der Waals surface area contributed by atoms with Crippen LogP contribution in [0.25, 0.3) is 5.65 Å². The summed E-state index contributed by atoms with van der Waals surface area (Å²) in [4.78, 5) is 47.6. The number of carboxylic acids is 1. The summed E-state index contributed by atoms with van der Waals surface area (Å²) in [5, 5.41) is 22.0. The lowest BCUT2D eigenvalue weighted by atomic mass is 10.0. The molecule has 2 aliphatic rings. The fraction of sp³-hybridized carbons (Fsp3) is 0.263. The summed E-state index contributed by atoms with van der Waals surface area (Å²) in [5.74, 6) is -2.53. The summed E-state index contributed by atoms with van der Waals surface area (Å²) in [6, 6.07) is 2.64. The number of nitrogens with zero attached hydrogens (tertiary/aromatic N) is 7. The van der Waals surface area contributed by atoms with Crippen LogP contribution >= 0.6 is 47.3 Å². The number of nitrogens with one attached hydrogen (secondary N) is 1.